The number of aliphatic imine (C=N–C) groups is 2. The largest absolute Gasteiger partial charge is 0.275 e. The normalized spacial score (nSPS) is 14.1. The molecule has 1 aliphatic rings. The van der Waals surface area contributed by atoms with E-state index in [0.29, 0.717) is 0 Å². The molecule has 8 rings (SSSR count). The van der Waals surface area contributed by atoms with Gasteiger partial charge < -0.3 is 0 Å². The van der Waals surface area contributed by atoms with E-state index >= 15 is 0 Å². The van der Waals surface area contributed by atoms with Crippen molar-refractivity contribution in [3.8, 4) is 33.9 Å². The van der Waals surface area contributed by atoms with Crippen molar-refractivity contribution in [1.29, 1.82) is 0 Å². The van der Waals surface area contributed by atoms with Gasteiger partial charge in [0.05, 0.1) is 22.8 Å². The molecule has 6 aromatic carbocycles. The van der Waals surface area contributed by atoms with Crippen molar-refractivity contribution in [2.24, 2.45) is 9.98 Å². The molecule has 266 valence electrons. The number of aromatic nitrogens is 2. The molecule has 2 heterocycles. The highest BCUT2D eigenvalue weighted by molar-refractivity contribution is 6.54. The van der Waals surface area contributed by atoms with E-state index in [4.69, 9.17) is 15.0 Å². The first-order chi connectivity index (χ1) is 26.0. The maximum Gasteiger partial charge on any atom is 0.261 e. The molecule has 1 aliphatic heterocycles. The third-order valence-corrected chi connectivity index (χ3v) is 10.3. The lowest BCUT2D eigenvalue weighted by atomic mass is 9.86. The van der Waals surface area contributed by atoms with E-state index in [1.807, 2.05) is 12.1 Å². The van der Waals surface area contributed by atoms with E-state index in [1.54, 1.807) is 0 Å². The minimum absolute atomic E-state index is 0.00355. The van der Waals surface area contributed by atoms with Crippen molar-refractivity contribution in [3.63, 3.8) is 0 Å². The Hall–Kier alpha value is -6.13. The fourth-order valence-electron chi connectivity index (χ4n) is 7.29. The first kappa shape index (κ1) is 34.9. The summed E-state index contributed by atoms with van der Waals surface area (Å²) in [6.45, 7) is 13.5. The van der Waals surface area contributed by atoms with Crippen LogP contribution >= 0.6 is 0 Å². The van der Waals surface area contributed by atoms with Gasteiger partial charge in [-0.15, -0.1) is 0 Å². The Balaban J connectivity index is 1.54. The number of rotatable bonds is 7. The van der Waals surface area contributed by atoms with Crippen LogP contribution in [0.2, 0.25) is 0 Å². The highest BCUT2D eigenvalue weighted by Gasteiger charge is 2.45. The Labute approximate surface area is 319 Å². The number of nitrogens with zero attached hydrogens (tertiary/aromatic N) is 4. The summed E-state index contributed by atoms with van der Waals surface area (Å²) < 4.78 is 2.31. The number of hydrogen-bond donors (Lipinski definition) is 0. The Kier molecular flexibility index (Phi) is 8.86. The van der Waals surface area contributed by atoms with Crippen LogP contribution in [0.5, 0.6) is 0 Å². The van der Waals surface area contributed by atoms with E-state index in [2.05, 4.69) is 204 Å². The Bertz CT molecular complexity index is 2390. The van der Waals surface area contributed by atoms with Crippen LogP contribution in [0.1, 0.15) is 69.4 Å². The van der Waals surface area contributed by atoms with Crippen molar-refractivity contribution >= 4 is 11.4 Å². The second-order valence-corrected chi connectivity index (χ2v) is 16.1. The zero-order chi connectivity index (χ0) is 37.5. The van der Waals surface area contributed by atoms with Gasteiger partial charge in [-0.25, -0.2) is 15.0 Å². The predicted octanol–water partition coefficient (Wildman–Crippen LogP) is 12.1. The van der Waals surface area contributed by atoms with Gasteiger partial charge in [0.25, 0.3) is 5.79 Å². The van der Waals surface area contributed by atoms with Crippen molar-refractivity contribution in [3.05, 3.63) is 198 Å². The molecule has 0 unspecified atom stereocenters. The van der Waals surface area contributed by atoms with E-state index in [9.17, 15) is 0 Å². The van der Waals surface area contributed by atoms with Crippen molar-refractivity contribution in [2.45, 2.75) is 58.2 Å². The van der Waals surface area contributed by atoms with Crippen LogP contribution in [0.15, 0.2) is 180 Å². The van der Waals surface area contributed by atoms with Gasteiger partial charge in [-0.1, -0.05) is 211 Å². The molecule has 4 heteroatoms. The average Bonchev–Trinajstić information content (AvgIpc) is 3.80. The highest BCUT2D eigenvalue weighted by Crippen LogP contribution is 2.47. The molecule has 0 fully saturated rings. The van der Waals surface area contributed by atoms with E-state index in [-0.39, 0.29) is 10.8 Å². The molecule has 1 aromatic heterocycles. The number of benzene rings is 6. The third kappa shape index (κ3) is 6.43. The maximum absolute atomic E-state index is 5.85. The van der Waals surface area contributed by atoms with Crippen molar-refractivity contribution in [2.75, 3.05) is 0 Å². The van der Waals surface area contributed by atoms with Crippen LogP contribution in [0.3, 0.4) is 0 Å². The van der Waals surface area contributed by atoms with Crippen molar-refractivity contribution < 1.29 is 0 Å². The molecule has 0 bridgehead atoms. The fourth-order valence-corrected chi connectivity index (χ4v) is 7.29. The molecule has 0 aliphatic carbocycles. The lowest BCUT2D eigenvalue weighted by Gasteiger charge is -2.30. The topological polar surface area (TPSA) is 42.5 Å². The first-order valence-electron chi connectivity index (χ1n) is 18.8. The monoisotopic (exact) mass is 702 g/mol. The van der Waals surface area contributed by atoms with Gasteiger partial charge in [-0.3, -0.25) is 4.57 Å². The summed E-state index contributed by atoms with van der Waals surface area (Å²) in [7, 11) is 0. The molecule has 0 spiro atoms. The van der Waals surface area contributed by atoms with Gasteiger partial charge in [-0.2, -0.15) is 0 Å². The molecule has 54 heavy (non-hydrogen) atoms. The Morgan fingerprint density at radius 1 is 0.407 bits per heavy atom. The molecule has 0 N–H and O–H groups in total. The fraction of sp³-hybridized carbons (Fsp3) is 0.180. The number of imidazole rings is 1. The zero-order valence-electron chi connectivity index (χ0n) is 32.0. The smallest absolute Gasteiger partial charge is 0.261 e. The number of hydrogen-bond acceptors (Lipinski definition) is 3. The van der Waals surface area contributed by atoms with E-state index < -0.39 is 5.79 Å². The second-order valence-electron chi connectivity index (χ2n) is 16.1. The molecule has 0 radical (unpaired) electrons. The molecule has 4 nitrogen and oxygen atoms in total. The van der Waals surface area contributed by atoms with Gasteiger partial charge in [0, 0.05) is 33.4 Å². The third-order valence-electron chi connectivity index (χ3n) is 10.3. The average molecular weight is 703 g/mol. The van der Waals surface area contributed by atoms with Crippen LogP contribution in [0, 0.1) is 0 Å². The van der Waals surface area contributed by atoms with Crippen LogP contribution in [-0.2, 0) is 16.6 Å². The van der Waals surface area contributed by atoms with Crippen LogP contribution < -0.4 is 0 Å². The molecule has 0 amide bonds. The van der Waals surface area contributed by atoms with Crippen LogP contribution in [0.25, 0.3) is 33.9 Å². The highest BCUT2D eigenvalue weighted by atomic mass is 15.4. The van der Waals surface area contributed by atoms with Gasteiger partial charge in [0.1, 0.15) is 5.82 Å². The second kappa shape index (κ2) is 13.7. The van der Waals surface area contributed by atoms with E-state index in [0.717, 1.165) is 62.0 Å². The molecular weight excluding hydrogens is 657 g/mol. The Morgan fingerprint density at radius 2 is 0.796 bits per heavy atom. The van der Waals surface area contributed by atoms with Gasteiger partial charge in [0.15, 0.2) is 0 Å². The standard InChI is InChI=1S/C50H46N4/c1-48(2,3)40-29-27-39(28-30-40)47-51-45(37-23-15-9-16-24-37)46(38-25-17-10-18-26-38)54(47)50(42-33-31-41(32-34-42)49(4,5)6)52-43(35-19-11-7-12-20-35)44(53-50)36-21-13-8-14-22-36/h7-34H,1-6H3. The summed E-state index contributed by atoms with van der Waals surface area (Å²) in [5.41, 5.74) is 12.0. The van der Waals surface area contributed by atoms with Crippen molar-refractivity contribution in [1.82, 2.24) is 9.55 Å². The van der Waals surface area contributed by atoms with Gasteiger partial charge in [-0.05, 0) is 22.0 Å². The predicted molar refractivity (Wildman–Crippen MR) is 225 cm³/mol. The van der Waals surface area contributed by atoms with Gasteiger partial charge >= 0.3 is 0 Å². The summed E-state index contributed by atoms with van der Waals surface area (Å²) in [6, 6.07) is 59.7. The first-order valence-corrected chi connectivity index (χ1v) is 18.8. The summed E-state index contributed by atoms with van der Waals surface area (Å²) in [4.78, 5) is 17.3. The molecular formula is C50H46N4. The lowest BCUT2D eigenvalue weighted by Crippen LogP contribution is -2.31. The van der Waals surface area contributed by atoms with Gasteiger partial charge in [0.2, 0.25) is 0 Å². The SMILES string of the molecule is CC(C)(C)c1ccc(-c2nc(-c3ccccc3)c(-c3ccccc3)n2C2(c3ccc(C(C)(C)C)cc3)N=C(c3ccccc3)C(c3ccccc3)=N2)cc1. The zero-order valence-corrected chi connectivity index (χ0v) is 32.0. The Morgan fingerprint density at radius 3 is 1.22 bits per heavy atom. The minimum atomic E-state index is -1.25. The minimum Gasteiger partial charge on any atom is -0.275 e. The summed E-state index contributed by atoms with van der Waals surface area (Å²) >= 11 is 0. The molecule has 7 aromatic rings. The molecule has 0 saturated carbocycles. The van der Waals surface area contributed by atoms with Crippen LogP contribution in [0.4, 0.5) is 0 Å². The summed E-state index contributed by atoms with van der Waals surface area (Å²) in [6.07, 6.45) is 0. The summed E-state index contributed by atoms with van der Waals surface area (Å²) in [5.74, 6) is -0.460. The lowest BCUT2D eigenvalue weighted by molar-refractivity contribution is 0.408. The van der Waals surface area contributed by atoms with E-state index in [1.165, 1.54) is 11.1 Å². The van der Waals surface area contributed by atoms with Crippen LogP contribution in [-0.4, -0.2) is 21.0 Å². The quantitative estimate of drug-likeness (QED) is 0.163. The summed E-state index contributed by atoms with van der Waals surface area (Å²) in [5, 5.41) is 0. The molecule has 0 saturated heterocycles. The molecule has 0 atom stereocenters. The maximum atomic E-state index is 5.85.